The van der Waals surface area contributed by atoms with E-state index in [1.807, 2.05) is 17.5 Å². The van der Waals surface area contributed by atoms with E-state index in [1.54, 1.807) is 22.3 Å². The van der Waals surface area contributed by atoms with Crippen molar-refractivity contribution in [1.29, 1.82) is 0 Å². The van der Waals surface area contributed by atoms with Gasteiger partial charge in [-0.05, 0) is 30.4 Å². The van der Waals surface area contributed by atoms with Gasteiger partial charge in [0.05, 0.1) is 16.5 Å². The maximum atomic E-state index is 12.7. The predicted molar refractivity (Wildman–Crippen MR) is 92.6 cm³/mol. The lowest BCUT2D eigenvalue weighted by molar-refractivity contribution is -0.126. The van der Waals surface area contributed by atoms with Gasteiger partial charge in [-0.2, -0.15) is 5.10 Å². The van der Waals surface area contributed by atoms with Crippen LogP contribution in [0, 0.1) is 5.92 Å². The molecule has 0 saturated carbocycles. The van der Waals surface area contributed by atoms with Gasteiger partial charge >= 0.3 is 0 Å². The first-order valence-corrected chi connectivity index (χ1v) is 8.93. The Bertz CT molecular complexity index is 697. The molecule has 2 aromatic rings. The molecule has 0 bridgehead atoms. The number of hydrogen-bond donors (Lipinski definition) is 3. The number of rotatable bonds is 5. The van der Waals surface area contributed by atoms with Gasteiger partial charge in [-0.15, -0.1) is 11.3 Å². The number of nitrogens with two attached hydrogens (primary N) is 1. The molecular weight excluding hydrogens is 326 g/mol. The molecule has 1 atom stereocenters. The number of nitrogens with zero attached hydrogens (tertiary/aromatic N) is 2. The topological polar surface area (TPSA) is 104 Å². The van der Waals surface area contributed by atoms with Crippen molar-refractivity contribution in [3.05, 3.63) is 29.3 Å². The Morgan fingerprint density at radius 1 is 1.50 bits per heavy atom. The molecule has 7 nitrogen and oxygen atoms in total. The van der Waals surface area contributed by atoms with Crippen molar-refractivity contribution >= 4 is 23.2 Å². The highest BCUT2D eigenvalue weighted by Crippen LogP contribution is 2.24. The molecule has 1 aliphatic rings. The zero-order valence-electron chi connectivity index (χ0n) is 13.3. The summed E-state index contributed by atoms with van der Waals surface area (Å²) in [4.78, 5) is 27.5. The summed E-state index contributed by atoms with van der Waals surface area (Å²) >= 11 is 1.59. The molecule has 0 aliphatic carbocycles. The molecule has 24 heavy (non-hydrogen) atoms. The van der Waals surface area contributed by atoms with Crippen molar-refractivity contribution in [2.24, 2.45) is 11.7 Å². The molecule has 4 N–H and O–H groups in total. The highest BCUT2D eigenvalue weighted by molar-refractivity contribution is 7.13. The van der Waals surface area contributed by atoms with Crippen LogP contribution in [0.4, 0.5) is 0 Å². The number of H-pyrrole nitrogens is 1. The van der Waals surface area contributed by atoms with Crippen LogP contribution in [0.5, 0.6) is 0 Å². The van der Waals surface area contributed by atoms with Crippen LogP contribution in [0.15, 0.2) is 23.6 Å². The lowest BCUT2D eigenvalue weighted by Gasteiger charge is -2.31. The van der Waals surface area contributed by atoms with E-state index >= 15 is 0 Å². The van der Waals surface area contributed by atoms with E-state index in [2.05, 4.69) is 15.5 Å². The molecule has 3 rings (SSSR count). The second-order valence-electron chi connectivity index (χ2n) is 5.81. The minimum atomic E-state index is -0.176. The van der Waals surface area contributed by atoms with Crippen LogP contribution in [0.2, 0.25) is 0 Å². The molecule has 2 amide bonds. The number of likely N-dealkylation sites (tertiary alicyclic amines) is 1. The summed E-state index contributed by atoms with van der Waals surface area (Å²) in [5, 5.41) is 11.8. The fraction of sp³-hybridized carbons (Fsp3) is 0.438. The Morgan fingerprint density at radius 3 is 3.12 bits per heavy atom. The van der Waals surface area contributed by atoms with Gasteiger partial charge in [-0.25, -0.2) is 0 Å². The average Bonchev–Trinajstić information content (AvgIpc) is 3.30. The van der Waals surface area contributed by atoms with E-state index in [9.17, 15) is 9.59 Å². The first kappa shape index (κ1) is 16.7. The van der Waals surface area contributed by atoms with Crippen LogP contribution < -0.4 is 11.1 Å². The highest BCUT2D eigenvalue weighted by atomic mass is 32.1. The third-order valence-electron chi connectivity index (χ3n) is 4.11. The summed E-state index contributed by atoms with van der Waals surface area (Å²) in [6, 6.07) is 5.70. The minimum Gasteiger partial charge on any atom is -0.355 e. The maximum absolute atomic E-state index is 12.7. The van der Waals surface area contributed by atoms with E-state index in [-0.39, 0.29) is 17.7 Å². The number of aromatic amines is 1. The van der Waals surface area contributed by atoms with Crippen molar-refractivity contribution in [3.8, 4) is 10.6 Å². The number of carbonyl (C=O) groups is 2. The van der Waals surface area contributed by atoms with Gasteiger partial charge in [-0.1, -0.05) is 6.07 Å². The second-order valence-corrected chi connectivity index (χ2v) is 6.76. The largest absolute Gasteiger partial charge is 0.355 e. The van der Waals surface area contributed by atoms with Gasteiger partial charge in [0.1, 0.15) is 0 Å². The van der Waals surface area contributed by atoms with Gasteiger partial charge in [0.2, 0.25) is 5.91 Å². The molecular formula is C16H21N5O2S. The third-order valence-corrected chi connectivity index (χ3v) is 5.01. The molecule has 128 valence electrons. The molecule has 0 spiro atoms. The fourth-order valence-corrected chi connectivity index (χ4v) is 3.56. The molecule has 2 aromatic heterocycles. The molecule has 0 aromatic carbocycles. The molecule has 8 heteroatoms. The Kier molecular flexibility index (Phi) is 5.27. The second kappa shape index (κ2) is 7.59. The summed E-state index contributed by atoms with van der Waals surface area (Å²) in [5.41, 5.74) is 6.64. The van der Waals surface area contributed by atoms with E-state index in [0.717, 1.165) is 23.4 Å². The first-order chi connectivity index (χ1) is 11.7. The van der Waals surface area contributed by atoms with E-state index in [1.165, 1.54) is 0 Å². The number of carbonyl (C=O) groups excluding carboxylic acids is 2. The van der Waals surface area contributed by atoms with Crippen LogP contribution in [0.1, 0.15) is 23.3 Å². The Hall–Kier alpha value is -2.19. The molecule has 1 aliphatic heterocycles. The first-order valence-electron chi connectivity index (χ1n) is 8.05. The van der Waals surface area contributed by atoms with Crippen molar-refractivity contribution < 1.29 is 9.59 Å². The van der Waals surface area contributed by atoms with Crippen molar-refractivity contribution in [1.82, 2.24) is 20.4 Å². The zero-order chi connectivity index (χ0) is 16.9. The minimum absolute atomic E-state index is 0.0285. The van der Waals surface area contributed by atoms with Crippen molar-refractivity contribution in [2.45, 2.75) is 12.8 Å². The van der Waals surface area contributed by atoms with E-state index in [0.29, 0.717) is 31.9 Å². The summed E-state index contributed by atoms with van der Waals surface area (Å²) in [7, 11) is 0. The quantitative estimate of drug-likeness (QED) is 0.752. The highest BCUT2D eigenvalue weighted by Gasteiger charge is 2.29. The van der Waals surface area contributed by atoms with Crippen molar-refractivity contribution in [3.63, 3.8) is 0 Å². The predicted octanol–water partition coefficient (Wildman–Crippen LogP) is 1.07. The molecule has 1 fully saturated rings. The Balaban J connectivity index is 1.65. The number of piperidine rings is 1. The Labute approximate surface area is 144 Å². The lowest BCUT2D eigenvalue weighted by Crippen LogP contribution is -2.46. The maximum Gasteiger partial charge on any atom is 0.274 e. The average molecular weight is 347 g/mol. The van der Waals surface area contributed by atoms with Gasteiger partial charge in [0.25, 0.3) is 5.91 Å². The Morgan fingerprint density at radius 2 is 2.38 bits per heavy atom. The van der Waals surface area contributed by atoms with Crippen LogP contribution >= 0.6 is 11.3 Å². The van der Waals surface area contributed by atoms with Crippen LogP contribution in [-0.2, 0) is 4.79 Å². The third kappa shape index (κ3) is 3.65. The smallest absolute Gasteiger partial charge is 0.274 e. The normalized spacial score (nSPS) is 17.7. The number of aromatic nitrogens is 2. The molecule has 1 unspecified atom stereocenters. The van der Waals surface area contributed by atoms with Gasteiger partial charge in [0.15, 0.2) is 5.69 Å². The van der Waals surface area contributed by atoms with Gasteiger partial charge in [-0.3, -0.25) is 14.7 Å². The van der Waals surface area contributed by atoms with Crippen LogP contribution in [0.3, 0.4) is 0 Å². The SMILES string of the molecule is NCCNC(=O)C1CCCN(C(=O)c2cc(-c3cccs3)[nH]n2)C1. The van der Waals surface area contributed by atoms with E-state index < -0.39 is 0 Å². The zero-order valence-corrected chi connectivity index (χ0v) is 14.1. The number of amides is 2. The summed E-state index contributed by atoms with van der Waals surface area (Å²) in [6.07, 6.45) is 1.61. The monoisotopic (exact) mass is 347 g/mol. The molecule has 0 radical (unpaired) electrons. The van der Waals surface area contributed by atoms with Gasteiger partial charge < -0.3 is 16.0 Å². The van der Waals surface area contributed by atoms with E-state index in [4.69, 9.17) is 5.73 Å². The van der Waals surface area contributed by atoms with Crippen LogP contribution in [0.25, 0.3) is 10.6 Å². The summed E-state index contributed by atoms with van der Waals surface area (Å²) in [5.74, 6) is -0.338. The van der Waals surface area contributed by atoms with Crippen LogP contribution in [-0.4, -0.2) is 53.1 Å². The van der Waals surface area contributed by atoms with Gasteiger partial charge in [0, 0.05) is 26.2 Å². The van der Waals surface area contributed by atoms with Crippen molar-refractivity contribution in [2.75, 3.05) is 26.2 Å². The number of nitrogens with one attached hydrogen (secondary N) is 2. The number of hydrogen-bond acceptors (Lipinski definition) is 5. The lowest BCUT2D eigenvalue weighted by atomic mass is 9.97. The summed E-state index contributed by atoms with van der Waals surface area (Å²) < 4.78 is 0. The number of thiophene rings is 1. The molecule has 1 saturated heterocycles. The fourth-order valence-electron chi connectivity index (χ4n) is 2.87. The summed E-state index contributed by atoms with van der Waals surface area (Å²) in [6.45, 7) is 1.96. The standard InChI is InChI=1S/C16H21N5O2S/c17-5-6-18-15(22)11-3-1-7-21(10-11)16(23)13-9-12(19-20-13)14-4-2-8-24-14/h2,4,8-9,11H,1,3,5-7,10,17H2,(H,18,22)(H,19,20). The molecule has 3 heterocycles.